The van der Waals surface area contributed by atoms with E-state index in [9.17, 15) is 0 Å². The van der Waals surface area contributed by atoms with Gasteiger partial charge in [-0.3, -0.25) is 0 Å². The Balaban J connectivity index is 2.61. The van der Waals surface area contributed by atoms with Crippen LogP contribution in [0.2, 0.25) is 0 Å². The molecule has 0 heterocycles. The van der Waals surface area contributed by atoms with Gasteiger partial charge >= 0.3 is 0 Å². The highest BCUT2D eigenvalue weighted by atomic mass is 35.5. The minimum atomic E-state index is 0.688. The van der Waals surface area contributed by atoms with Crippen LogP contribution in [-0.4, -0.2) is 5.88 Å². The predicted molar refractivity (Wildman–Crippen MR) is 58.4 cm³/mol. The second kappa shape index (κ2) is 3.80. The van der Waals surface area contributed by atoms with E-state index in [-0.39, 0.29) is 0 Å². The lowest BCUT2D eigenvalue weighted by Gasteiger charge is -2.03. The van der Waals surface area contributed by atoms with Crippen molar-refractivity contribution in [2.24, 2.45) is 0 Å². The Labute approximate surface area is 83.1 Å². The molecule has 0 bridgehead atoms. The van der Waals surface area contributed by atoms with Gasteiger partial charge in [0.1, 0.15) is 0 Å². The summed E-state index contributed by atoms with van der Waals surface area (Å²) < 4.78 is 0. The normalized spacial score (nSPS) is 10.5. The number of hydrogen-bond donors (Lipinski definition) is 0. The molecule has 2 aromatic rings. The fourth-order valence-electron chi connectivity index (χ4n) is 1.61. The van der Waals surface area contributed by atoms with Crippen LogP contribution in [0.5, 0.6) is 0 Å². The van der Waals surface area contributed by atoms with Crippen LogP contribution in [0.25, 0.3) is 10.8 Å². The maximum Gasteiger partial charge on any atom is 0.0264 e. The van der Waals surface area contributed by atoms with E-state index in [1.54, 1.807) is 0 Å². The van der Waals surface area contributed by atoms with Gasteiger partial charge in [0.15, 0.2) is 0 Å². The topological polar surface area (TPSA) is 0 Å². The lowest BCUT2D eigenvalue weighted by molar-refractivity contribution is 1.17. The van der Waals surface area contributed by atoms with E-state index in [0.717, 1.165) is 6.42 Å². The smallest absolute Gasteiger partial charge is 0.0264 e. The van der Waals surface area contributed by atoms with Crippen LogP contribution in [-0.2, 0) is 6.42 Å². The molecule has 0 aliphatic heterocycles. The largest absolute Gasteiger partial charge is 0.126 e. The van der Waals surface area contributed by atoms with Crippen molar-refractivity contribution in [2.45, 2.75) is 6.42 Å². The molecule has 0 N–H and O–H groups in total. The number of hydrogen-bond acceptors (Lipinski definition) is 0. The number of aryl methyl sites for hydroxylation is 1. The van der Waals surface area contributed by atoms with Crippen LogP contribution in [0, 0.1) is 0 Å². The van der Waals surface area contributed by atoms with Crippen molar-refractivity contribution < 1.29 is 0 Å². The summed E-state index contributed by atoms with van der Waals surface area (Å²) in [5, 5.41) is 2.62. The molecule has 0 saturated heterocycles. The summed E-state index contributed by atoms with van der Waals surface area (Å²) in [4.78, 5) is 0. The van der Waals surface area contributed by atoms with Crippen LogP contribution < -0.4 is 0 Å². The Morgan fingerprint density at radius 1 is 0.923 bits per heavy atom. The van der Waals surface area contributed by atoms with Crippen molar-refractivity contribution in [1.82, 2.24) is 0 Å². The molecular formula is C12H11Cl. The minimum Gasteiger partial charge on any atom is -0.126 e. The van der Waals surface area contributed by atoms with E-state index in [0.29, 0.717) is 5.88 Å². The molecule has 66 valence electrons. The van der Waals surface area contributed by atoms with Gasteiger partial charge in [-0.05, 0) is 22.8 Å². The third kappa shape index (κ3) is 1.68. The zero-order valence-electron chi connectivity index (χ0n) is 7.33. The number of halogens is 1. The minimum absolute atomic E-state index is 0.688. The maximum atomic E-state index is 5.74. The SMILES string of the molecule is ClCCc1cccc2ccccc12. The average molecular weight is 191 g/mol. The Hall–Kier alpha value is -1.01. The molecule has 0 nitrogen and oxygen atoms in total. The van der Waals surface area contributed by atoms with Gasteiger partial charge in [-0.1, -0.05) is 42.5 Å². The van der Waals surface area contributed by atoms with E-state index in [2.05, 4.69) is 42.5 Å². The standard InChI is InChI=1S/C12H11Cl/c13-9-8-11-6-3-5-10-4-1-2-7-12(10)11/h1-7H,8-9H2. The van der Waals surface area contributed by atoms with Gasteiger partial charge in [-0.2, -0.15) is 0 Å². The van der Waals surface area contributed by atoms with Gasteiger partial charge in [0.05, 0.1) is 0 Å². The van der Waals surface area contributed by atoms with Crippen molar-refractivity contribution in [2.75, 3.05) is 5.88 Å². The van der Waals surface area contributed by atoms with Crippen molar-refractivity contribution in [3.63, 3.8) is 0 Å². The Kier molecular flexibility index (Phi) is 2.51. The van der Waals surface area contributed by atoms with E-state index in [1.165, 1.54) is 16.3 Å². The van der Waals surface area contributed by atoms with Gasteiger partial charge in [0.25, 0.3) is 0 Å². The van der Waals surface area contributed by atoms with Gasteiger partial charge in [0.2, 0.25) is 0 Å². The van der Waals surface area contributed by atoms with E-state index in [4.69, 9.17) is 11.6 Å². The Morgan fingerprint density at radius 3 is 2.54 bits per heavy atom. The van der Waals surface area contributed by atoms with Crippen molar-refractivity contribution in [3.8, 4) is 0 Å². The number of rotatable bonds is 2. The average Bonchev–Trinajstić information content (AvgIpc) is 2.19. The van der Waals surface area contributed by atoms with Crippen LogP contribution in [0.1, 0.15) is 5.56 Å². The summed E-state index contributed by atoms with van der Waals surface area (Å²) >= 11 is 5.74. The quantitative estimate of drug-likeness (QED) is 0.635. The summed E-state index contributed by atoms with van der Waals surface area (Å²) in [5.74, 6) is 0.688. The monoisotopic (exact) mass is 190 g/mol. The zero-order chi connectivity index (χ0) is 9.10. The van der Waals surface area contributed by atoms with Gasteiger partial charge in [0, 0.05) is 5.88 Å². The molecular weight excluding hydrogens is 180 g/mol. The molecule has 0 radical (unpaired) electrons. The van der Waals surface area contributed by atoms with E-state index >= 15 is 0 Å². The molecule has 13 heavy (non-hydrogen) atoms. The summed E-state index contributed by atoms with van der Waals surface area (Å²) in [5.41, 5.74) is 1.34. The molecule has 0 aromatic heterocycles. The number of benzene rings is 2. The van der Waals surface area contributed by atoms with Gasteiger partial charge < -0.3 is 0 Å². The molecule has 2 rings (SSSR count). The van der Waals surface area contributed by atoms with Gasteiger partial charge in [-0.15, -0.1) is 11.6 Å². The first-order chi connectivity index (χ1) is 6.42. The molecule has 0 amide bonds. The fraction of sp³-hybridized carbons (Fsp3) is 0.167. The molecule has 0 spiro atoms. The van der Waals surface area contributed by atoms with E-state index < -0.39 is 0 Å². The Morgan fingerprint density at radius 2 is 1.69 bits per heavy atom. The van der Waals surface area contributed by atoms with Crippen LogP contribution >= 0.6 is 11.6 Å². The molecule has 0 aliphatic carbocycles. The summed E-state index contributed by atoms with van der Waals surface area (Å²) in [6, 6.07) is 14.8. The highest BCUT2D eigenvalue weighted by Gasteiger charge is 1.97. The first kappa shape index (κ1) is 8.58. The Bertz CT molecular complexity index is 401. The van der Waals surface area contributed by atoms with Crippen molar-refractivity contribution in [3.05, 3.63) is 48.0 Å². The van der Waals surface area contributed by atoms with Crippen LogP contribution in [0.4, 0.5) is 0 Å². The molecule has 0 saturated carbocycles. The first-order valence-electron chi connectivity index (χ1n) is 4.44. The maximum absolute atomic E-state index is 5.74. The van der Waals surface area contributed by atoms with E-state index in [1.807, 2.05) is 0 Å². The highest BCUT2D eigenvalue weighted by Crippen LogP contribution is 2.18. The zero-order valence-corrected chi connectivity index (χ0v) is 8.09. The molecule has 0 unspecified atom stereocenters. The summed E-state index contributed by atoms with van der Waals surface area (Å²) in [6.07, 6.45) is 0.947. The van der Waals surface area contributed by atoms with Crippen molar-refractivity contribution >= 4 is 22.4 Å². The van der Waals surface area contributed by atoms with Crippen LogP contribution in [0.15, 0.2) is 42.5 Å². The first-order valence-corrected chi connectivity index (χ1v) is 4.98. The predicted octanol–water partition coefficient (Wildman–Crippen LogP) is 3.62. The molecule has 1 heteroatoms. The number of alkyl halides is 1. The lowest BCUT2D eigenvalue weighted by atomic mass is 10.0. The lowest BCUT2D eigenvalue weighted by Crippen LogP contribution is -1.87. The highest BCUT2D eigenvalue weighted by molar-refractivity contribution is 6.18. The second-order valence-electron chi connectivity index (χ2n) is 3.08. The molecule has 0 atom stereocenters. The summed E-state index contributed by atoms with van der Waals surface area (Å²) in [6.45, 7) is 0. The third-order valence-electron chi connectivity index (χ3n) is 2.24. The third-order valence-corrected chi connectivity index (χ3v) is 2.43. The number of fused-ring (bicyclic) bond motifs is 1. The fourth-order valence-corrected chi connectivity index (χ4v) is 1.82. The molecule has 2 aromatic carbocycles. The molecule has 0 fully saturated rings. The van der Waals surface area contributed by atoms with Crippen LogP contribution in [0.3, 0.4) is 0 Å². The second-order valence-corrected chi connectivity index (χ2v) is 3.46. The summed E-state index contributed by atoms with van der Waals surface area (Å²) in [7, 11) is 0. The molecule has 0 aliphatic rings. The van der Waals surface area contributed by atoms with Crippen molar-refractivity contribution in [1.29, 1.82) is 0 Å². The van der Waals surface area contributed by atoms with Gasteiger partial charge in [-0.25, -0.2) is 0 Å².